The molecule has 33 heavy (non-hydrogen) atoms. The minimum Gasteiger partial charge on any atom is -0.489 e. The molecule has 2 aromatic rings. The van der Waals surface area contributed by atoms with E-state index in [4.69, 9.17) is 10.00 Å². The zero-order valence-electron chi connectivity index (χ0n) is 19.5. The summed E-state index contributed by atoms with van der Waals surface area (Å²) in [5.41, 5.74) is -1.28. The molecular weight excluding hydrogens is 431 g/mol. The van der Waals surface area contributed by atoms with E-state index in [9.17, 15) is 18.0 Å². The molecule has 0 aliphatic heterocycles. The topological polar surface area (TPSA) is 75.0 Å². The molecule has 8 heteroatoms. The summed E-state index contributed by atoms with van der Waals surface area (Å²) in [7, 11) is 0. The van der Waals surface area contributed by atoms with Gasteiger partial charge in [-0.25, -0.2) is 0 Å². The molecule has 1 fully saturated rings. The first-order valence-electron chi connectivity index (χ1n) is 10.7. The Morgan fingerprint density at radius 1 is 1.15 bits per heavy atom. The highest BCUT2D eigenvalue weighted by atomic mass is 19.4. The van der Waals surface area contributed by atoms with Gasteiger partial charge in [-0.15, -0.1) is 0 Å². The van der Waals surface area contributed by atoms with Crippen molar-refractivity contribution in [3.05, 3.63) is 58.9 Å². The van der Waals surface area contributed by atoms with Crippen molar-refractivity contribution in [1.29, 1.82) is 5.26 Å². The van der Waals surface area contributed by atoms with Crippen molar-refractivity contribution in [3.63, 3.8) is 0 Å². The number of ether oxygens (including phenoxy) is 1. The van der Waals surface area contributed by atoms with Gasteiger partial charge in [0.25, 0.3) is 5.91 Å². The van der Waals surface area contributed by atoms with Crippen LogP contribution in [-0.4, -0.2) is 23.0 Å². The van der Waals surface area contributed by atoms with E-state index in [0.29, 0.717) is 11.6 Å². The van der Waals surface area contributed by atoms with Crippen molar-refractivity contribution in [3.8, 4) is 11.8 Å². The minimum atomic E-state index is -4.66. The first kappa shape index (κ1) is 24.6. The van der Waals surface area contributed by atoms with Gasteiger partial charge in [0, 0.05) is 23.1 Å². The van der Waals surface area contributed by atoms with Gasteiger partial charge in [0.15, 0.2) is 0 Å². The van der Waals surface area contributed by atoms with Crippen molar-refractivity contribution in [2.45, 2.75) is 65.8 Å². The van der Waals surface area contributed by atoms with Crippen LogP contribution in [0, 0.1) is 22.2 Å². The number of nitriles is 1. The number of hydrogen-bond donors (Lipinski definition) is 1. The van der Waals surface area contributed by atoms with E-state index in [-0.39, 0.29) is 17.7 Å². The molecular formula is C25H28F3N3O2. The van der Waals surface area contributed by atoms with Crippen LogP contribution in [0.3, 0.4) is 0 Å². The number of rotatable bonds is 5. The number of hydrogen-bond acceptors (Lipinski definition) is 4. The molecule has 1 aliphatic carbocycles. The second-order valence-electron chi connectivity index (χ2n) is 10.00. The van der Waals surface area contributed by atoms with Gasteiger partial charge in [0.1, 0.15) is 17.5 Å². The van der Waals surface area contributed by atoms with Gasteiger partial charge < -0.3 is 10.1 Å². The third-order valence-corrected chi connectivity index (χ3v) is 6.47. The molecule has 0 atom stereocenters. The number of nitrogens with zero attached hydrogens (tertiary/aromatic N) is 2. The summed E-state index contributed by atoms with van der Waals surface area (Å²) in [4.78, 5) is 17.1. The zero-order valence-corrected chi connectivity index (χ0v) is 19.5. The van der Waals surface area contributed by atoms with Crippen molar-refractivity contribution < 1.29 is 22.7 Å². The maximum absolute atomic E-state index is 13.3. The Morgan fingerprint density at radius 3 is 2.27 bits per heavy atom. The van der Waals surface area contributed by atoms with E-state index < -0.39 is 34.2 Å². The highest BCUT2D eigenvalue weighted by molar-refractivity contribution is 5.92. The van der Waals surface area contributed by atoms with Crippen LogP contribution >= 0.6 is 0 Å². The van der Waals surface area contributed by atoms with Crippen molar-refractivity contribution in [2.75, 3.05) is 0 Å². The summed E-state index contributed by atoms with van der Waals surface area (Å²) >= 11 is 0. The second-order valence-corrected chi connectivity index (χ2v) is 10.00. The molecule has 1 heterocycles. The molecule has 0 unspecified atom stereocenters. The SMILES string of the molecule is CC(C)c1ccc(C(=O)NC2C(C)(C)C(Oc3ccc(C#N)c(C(F)(F)F)c3)C2(C)C)nc1. The molecule has 3 rings (SSSR count). The average Bonchev–Trinajstić information content (AvgIpc) is 2.74. The fourth-order valence-corrected chi connectivity index (χ4v) is 4.95. The highest BCUT2D eigenvalue weighted by Crippen LogP contribution is 2.55. The summed E-state index contributed by atoms with van der Waals surface area (Å²) in [5, 5.41) is 12.0. The summed E-state index contributed by atoms with van der Waals surface area (Å²) in [6.45, 7) is 11.7. The normalized spacial score (nSPS) is 21.1. The molecule has 0 radical (unpaired) electrons. The van der Waals surface area contributed by atoms with Crippen LogP contribution in [0.4, 0.5) is 13.2 Å². The number of alkyl halides is 3. The Hall–Kier alpha value is -3.08. The van der Waals surface area contributed by atoms with Gasteiger partial charge in [0.05, 0.1) is 17.2 Å². The highest BCUT2D eigenvalue weighted by Gasteiger charge is 2.64. The van der Waals surface area contributed by atoms with Crippen molar-refractivity contribution in [1.82, 2.24) is 10.3 Å². The molecule has 1 N–H and O–H groups in total. The minimum absolute atomic E-state index is 0.0307. The Kier molecular flexibility index (Phi) is 6.22. The lowest BCUT2D eigenvalue weighted by Gasteiger charge is -2.63. The van der Waals surface area contributed by atoms with Crippen LogP contribution in [0.25, 0.3) is 0 Å². The average molecular weight is 460 g/mol. The van der Waals surface area contributed by atoms with Crippen LogP contribution < -0.4 is 10.1 Å². The number of halogens is 3. The molecule has 1 aromatic carbocycles. The molecule has 0 spiro atoms. The third-order valence-electron chi connectivity index (χ3n) is 6.47. The third kappa shape index (κ3) is 4.54. The first-order valence-corrected chi connectivity index (χ1v) is 10.7. The number of aromatic nitrogens is 1. The molecule has 1 aromatic heterocycles. The number of benzene rings is 1. The lowest BCUT2D eigenvalue weighted by Crippen LogP contribution is -2.74. The standard InChI is InChI=1S/C25H28F3N3O2/c1-14(2)16-8-10-19(30-13-16)20(32)31-21-23(3,4)22(24(21,5)6)33-17-9-7-15(12-29)18(11-17)25(26,27)28/h7-11,13-14,21-22H,1-6H3,(H,31,32). The van der Waals surface area contributed by atoms with Crippen LogP contribution in [0.5, 0.6) is 5.75 Å². The predicted octanol–water partition coefficient (Wildman–Crippen LogP) is 5.71. The maximum Gasteiger partial charge on any atom is 0.417 e. The molecule has 176 valence electrons. The molecule has 0 bridgehead atoms. The number of carbonyl (C=O) groups is 1. The van der Waals surface area contributed by atoms with Crippen LogP contribution in [0.15, 0.2) is 36.5 Å². The number of carbonyl (C=O) groups excluding carboxylic acids is 1. The molecule has 1 saturated carbocycles. The van der Waals surface area contributed by atoms with Gasteiger partial charge in [-0.3, -0.25) is 9.78 Å². The van der Waals surface area contributed by atoms with Gasteiger partial charge in [0.2, 0.25) is 0 Å². The van der Waals surface area contributed by atoms with E-state index in [0.717, 1.165) is 17.7 Å². The van der Waals surface area contributed by atoms with Gasteiger partial charge in [-0.2, -0.15) is 18.4 Å². The Balaban J connectivity index is 1.78. The van der Waals surface area contributed by atoms with E-state index in [1.54, 1.807) is 18.3 Å². The molecule has 1 aliphatic rings. The Labute approximate surface area is 192 Å². The van der Waals surface area contributed by atoms with Crippen LogP contribution in [0.1, 0.15) is 74.6 Å². The Morgan fingerprint density at radius 2 is 1.79 bits per heavy atom. The van der Waals surface area contributed by atoms with Crippen molar-refractivity contribution in [2.24, 2.45) is 10.8 Å². The molecule has 5 nitrogen and oxygen atoms in total. The lowest BCUT2D eigenvalue weighted by atomic mass is 9.49. The quantitative estimate of drug-likeness (QED) is 0.622. The second kappa shape index (κ2) is 8.36. The Bertz CT molecular complexity index is 1070. The number of amides is 1. The summed E-state index contributed by atoms with van der Waals surface area (Å²) in [6, 6.07) is 8.17. The molecule has 1 amide bonds. The first-order chi connectivity index (χ1) is 15.2. The van der Waals surface area contributed by atoms with E-state index >= 15 is 0 Å². The zero-order chi connectivity index (χ0) is 24.8. The summed E-state index contributed by atoms with van der Waals surface area (Å²) in [6.07, 6.45) is -3.45. The monoisotopic (exact) mass is 459 g/mol. The predicted molar refractivity (Wildman–Crippen MR) is 118 cm³/mol. The van der Waals surface area contributed by atoms with Gasteiger partial charge >= 0.3 is 6.18 Å². The summed E-state index contributed by atoms with van der Waals surface area (Å²) in [5.74, 6) is 0.0212. The fourth-order valence-electron chi connectivity index (χ4n) is 4.95. The molecule has 0 saturated heterocycles. The fraction of sp³-hybridized carbons (Fsp3) is 0.480. The lowest BCUT2D eigenvalue weighted by molar-refractivity contribution is -0.164. The van der Waals surface area contributed by atoms with Crippen LogP contribution in [0.2, 0.25) is 0 Å². The largest absolute Gasteiger partial charge is 0.489 e. The van der Waals surface area contributed by atoms with Gasteiger partial charge in [-0.05, 0) is 35.7 Å². The van der Waals surface area contributed by atoms with E-state index in [1.807, 2.05) is 47.6 Å². The van der Waals surface area contributed by atoms with Crippen LogP contribution in [-0.2, 0) is 6.18 Å². The van der Waals surface area contributed by atoms with E-state index in [1.165, 1.54) is 6.07 Å². The van der Waals surface area contributed by atoms with Crippen molar-refractivity contribution >= 4 is 5.91 Å². The van der Waals surface area contributed by atoms with E-state index in [2.05, 4.69) is 10.3 Å². The number of pyridine rings is 1. The van der Waals surface area contributed by atoms with Gasteiger partial charge in [-0.1, -0.05) is 47.6 Å². The summed E-state index contributed by atoms with van der Waals surface area (Å²) < 4.78 is 46.0. The number of nitrogens with one attached hydrogen (secondary N) is 1. The maximum atomic E-state index is 13.3. The smallest absolute Gasteiger partial charge is 0.417 e.